The van der Waals surface area contributed by atoms with Gasteiger partial charge < -0.3 is 11.1 Å². The largest absolute Gasteiger partial charge is 0.351 e. The van der Waals surface area contributed by atoms with E-state index in [4.69, 9.17) is 5.73 Å². The molecule has 0 unspecified atom stereocenters. The second-order valence-corrected chi connectivity index (χ2v) is 4.73. The Morgan fingerprint density at radius 2 is 1.95 bits per heavy atom. The molecule has 1 fully saturated rings. The lowest BCUT2D eigenvalue weighted by Gasteiger charge is -2.15. The first-order valence-corrected chi connectivity index (χ1v) is 6.59. The third-order valence-corrected chi connectivity index (χ3v) is 3.22. The van der Waals surface area contributed by atoms with Gasteiger partial charge in [-0.25, -0.2) is 0 Å². The smallest absolute Gasteiger partial charge is 0.251 e. The minimum absolute atomic E-state index is 0. The summed E-state index contributed by atoms with van der Waals surface area (Å²) in [4.78, 5) is 14.2. The van der Waals surface area contributed by atoms with Gasteiger partial charge >= 0.3 is 0 Å². The number of rotatable bonds is 5. The Balaban J connectivity index is 0.00000180. The maximum Gasteiger partial charge on any atom is 0.251 e. The summed E-state index contributed by atoms with van der Waals surface area (Å²) in [5.41, 5.74) is 7.30. The van der Waals surface area contributed by atoms with Crippen LogP contribution in [0.3, 0.4) is 0 Å². The third kappa shape index (κ3) is 5.67. The standard InChI is InChI=1S/C14H21N3O.2ClH/c15-6-7-16-14(18)13-5-3-4-12(10-13)11-17-8-1-2-9-17;;/h3-5,10H,1-2,6-9,11,15H2,(H,16,18);2*1H. The van der Waals surface area contributed by atoms with Crippen LogP contribution in [0.4, 0.5) is 0 Å². The van der Waals surface area contributed by atoms with E-state index < -0.39 is 0 Å². The number of carbonyl (C=O) groups is 1. The van der Waals surface area contributed by atoms with Crippen molar-refractivity contribution in [2.75, 3.05) is 26.2 Å². The summed E-state index contributed by atoms with van der Waals surface area (Å²) in [6.45, 7) is 4.28. The molecule has 1 aromatic rings. The number of nitrogens with zero attached hydrogens (tertiary/aromatic N) is 1. The normalized spacial score (nSPS) is 14.2. The fourth-order valence-corrected chi connectivity index (χ4v) is 2.30. The summed E-state index contributed by atoms with van der Waals surface area (Å²) in [6, 6.07) is 7.85. The summed E-state index contributed by atoms with van der Waals surface area (Å²) in [5.74, 6) is -0.0382. The zero-order valence-electron chi connectivity index (χ0n) is 11.5. The zero-order valence-corrected chi connectivity index (χ0v) is 13.1. The molecule has 1 aromatic carbocycles. The van der Waals surface area contributed by atoms with Gasteiger partial charge in [0.15, 0.2) is 0 Å². The zero-order chi connectivity index (χ0) is 12.8. The molecule has 0 aliphatic carbocycles. The van der Waals surface area contributed by atoms with E-state index in [1.807, 2.05) is 18.2 Å². The van der Waals surface area contributed by atoms with Crippen LogP contribution in [0.5, 0.6) is 0 Å². The minimum Gasteiger partial charge on any atom is -0.351 e. The lowest BCUT2D eigenvalue weighted by molar-refractivity contribution is 0.0954. The summed E-state index contributed by atoms with van der Waals surface area (Å²) < 4.78 is 0. The molecule has 2 rings (SSSR count). The van der Waals surface area contributed by atoms with E-state index in [9.17, 15) is 4.79 Å². The Morgan fingerprint density at radius 3 is 2.60 bits per heavy atom. The van der Waals surface area contributed by atoms with E-state index in [-0.39, 0.29) is 30.7 Å². The van der Waals surface area contributed by atoms with Crippen molar-refractivity contribution in [2.24, 2.45) is 5.73 Å². The van der Waals surface area contributed by atoms with Crippen molar-refractivity contribution in [1.29, 1.82) is 0 Å². The van der Waals surface area contributed by atoms with Gasteiger partial charge in [-0.1, -0.05) is 12.1 Å². The molecule has 1 aliphatic rings. The second-order valence-electron chi connectivity index (χ2n) is 4.73. The summed E-state index contributed by atoms with van der Waals surface area (Å²) in [5, 5.41) is 2.79. The molecule has 3 N–H and O–H groups in total. The molecule has 1 aliphatic heterocycles. The highest BCUT2D eigenvalue weighted by Gasteiger charge is 2.12. The maximum absolute atomic E-state index is 11.8. The van der Waals surface area contributed by atoms with Crippen LogP contribution in [0.25, 0.3) is 0 Å². The van der Waals surface area contributed by atoms with Crippen LogP contribution in [0.1, 0.15) is 28.8 Å². The van der Waals surface area contributed by atoms with Crippen molar-refractivity contribution in [3.05, 3.63) is 35.4 Å². The predicted molar refractivity (Wildman–Crippen MR) is 86.8 cm³/mol. The molecule has 0 saturated carbocycles. The van der Waals surface area contributed by atoms with Crippen LogP contribution in [-0.4, -0.2) is 37.0 Å². The molecular weight excluding hydrogens is 297 g/mol. The maximum atomic E-state index is 11.8. The lowest BCUT2D eigenvalue weighted by atomic mass is 10.1. The topological polar surface area (TPSA) is 58.4 Å². The van der Waals surface area contributed by atoms with Crippen molar-refractivity contribution in [2.45, 2.75) is 19.4 Å². The first-order valence-electron chi connectivity index (χ1n) is 6.59. The molecule has 0 spiro atoms. The van der Waals surface area contributed by atoms with Crippen molar-refractivity contribution >= 4 is 30.7 Å². The Morgan fingerprint density at radius 1 is 1.25 bits per heavy atom. The number of benzene rings is 1. The number of carbonyl (C=O) groups excluding carboxylic acids is 1. The second kappa shape index (κ2) is 10.00. The monoisotopic (exact) mass is 319 g/mol. The van der Waals surface area contributed by atoms with E-state index >= 15 is 0 Å². The van der Waals surface area contributed by atoms with Gasteiger partial charge in [0, 0.05) is 25.2 Å². The van der Waals surface area contributed by atoms with Gasteiger partial charge in [0.05, 0.1) is 0 Å². The first-order chi connectivity index (χ1) is 8.79. The Kier molecular flexibility index (Phi) is 9.59. The molecule has 20 heavy (non-hydrogen) atoms. The molecule has 1 amide bonds. The van der Waals surface area contributed by atoms with E-state index in [0.29, 0.717) is 13.1 Å². The summed E-state index contributed by atoms with van der Waals surface area (Å²) in [7, 11) is 0. The van der Waals surface area contributed by atoms with Crippen molar-refractivity contribution in [3.8, 4) is 0 Å². The molecule has 1 heterocycles. The number of nitrogens with one attached hydrogen (secondary N) is 1. The van der Waals surface area contributed by atoms with Gasteiger partial charge in [0.25, 0.3) is 5.91 Å². The van der Waals surface area contributed by atoms with Crippen LogP contribution in [0.15, 0.2) is 24.3 Å². The molecule has 0 aromatic heterocycles. The van der Waals surface area contributed by atoms with E-state index in [1.54, 1.807) is 0 Å². The first kappa shape index (κ1) is 19.2. The van der Waals surface area contributed by atoms with E-state index in [2.05, 4.69) is 16.3 Å². The SMILES string of the molecule is Cl.Cl.NCCNC(=O)c1cccc(CN2CCCC2)c1. The molecule has 114 valence electrons. The molecule has 0 atom stereocenters. The minimum atomic E-state index is -0.0382. The molecule has 4 nitrogen and oxygen atoms in total. The number of hydrogen-bond donors (Lipinski definition) is 2. The summed E-state index contributed by atoms with van der Waals surface area (Å²) in [6.07, 6.45) is 2.58. The number of halogens is 2. The van der Waals surface area contributed by atoms with Gasteiger partial charge in [0.1, 0.15) is 0 Å². The number of hydrogen-bond acceptors (Lipinski definition) is 3. The highest BCUT2D eigenvalue weighted by molar-refractivity contribution is 5.94. The van der Waals surface area contributed by atoms with Gasteiger partial charge in [0.2, 0.25) is 0 Å². The Bertz CT molecular complexity index is 409. The average Bonchev–Trinajstić information content (AvgIpc) is 2.89. The lowest BCUT2D eigenvalue weighted by Crippen LogP contribution is -2.29. The highest BCUT2D eigenvalue weighted by atomic mass is 35.5. The number of amides is 1. The Labute approximate surface area is 132 Å². The molecule has 0 radical (unpaired) electrons. The average molecular weight is 320 g/mol. The van der Waals surface area contributed by atoms with Gasteiger partial charge in [-0.3, -0.25) is 9.69 Å². The Hall–Kier alpha value is -0.810. The van der Waals surface area contributed by atoms with Crippen LogP contribution in [0.2, 0.25) is 0 Å². The van der Waals surface area contributed by atoms with E-state index in [0.717, 1.165) is 12.1 Å². The highest BCUT2D eigenvalue weighted by Crippen LogP contribution is 2.13. The fraction of sp³-hybridized carbons (Fsp3) is 0.500. The molecule has 6 heteroatoms. The van der Waals surface area contributed by atoms with Crippen molar-refractivity contribution < 1.29 is 4.79 Å². The predicted octanol–water partition coefficient (Wildman–Crippen LogP) is 1.81. The van der Waals surface area contributed by atoms with Crippen LogP contribution >= 0.6 is 24.8 Å². The van der Waals surface area contributed by atoms with Crippen molar-refractivity contribution in [1.82, 2.24) is 10.2 Å². The quantitative estimate of drug-likeness (QED) is 0.870. The number of likely N-dealkylation sites (tertiary alicyclic amines) is 1. The van der Waals surface area contributed by atoms with E-state index in [1.165, 1.54) is 31.5 Å². The molecular formula is C14H23Cl2N3O. The molecule has 1 saturated heterocycles. The van der Waals surface area contributed by atoms with Gasteiger partial charge in [-0.05, 0) is 43.6 Å². The molecule has 0 bridgehead atoms. The van der Waals surface area contributed by atoms with Crippen LogP contribution in [-0.2, 0) is 6.54 Å². The fourth-order valence-electron chi connectivity index (χ4n) is 2.30. The summed E-state index contributed by atoms with van der Waals surface area (Å²) >= 11 is 0. The van der Waals surface area contributed by atoms with Gasteiger partial charge in [-0.15, -0.1) is 24.8 Å². The van der Waals surface area contributed by atoms with Crippen LogP contribution < -0.4 is 11.1 Å². The third-order valence-electron chi connectivity index (χ3n) is 3.22. The van der Waals surface area contributed by atoms with Crippen molar-refractivity contribution in [3.63, 3.8) is 0 Å². The van der Waals surface area contributed by atoms with Crippen LogP contribution in [0, 0.1) is 0 Å². The number of nitrogens with two attached hydrogens (primary N) is 1. The van der Waals surface area contributed by atoms with Gasteiger partial charge in [-0.2, -0.15) is 0 Å².